The summed E-state index contributed by atoms with van der Waals surface area (Å²) < 4.78 is 5.39. The fraction of sp³-hybridized carbons (Fsp3) is 0.118. The highest BCUT2D eigenvalue weighted by atomic mass is 32.2. The smallest absolute Gasteiger partial charge is 0.147 e. The van der Waals surface area contributed by atoms with Crippen molar-refractivity contribution in [2.45, 2.75) is 11.5 Å². The van der Waals surface area contributed by atoms with Crippen LogP contribution in [0.15, 0.2) is 71.3 Å². The van der Waals surface area contributed by atoms with Crippen molar-refractivity contribution >= 4 is 11.8 Å². The molecule has 100 valence electrons. The van der Waals surface area contributed by atoms with Crippen molar-refractivity contribution in [3.05, 3.63) is 78.1 Å². The van der Waals surface area contributed by atoms with Crippen LogP contribution in [0.3, 0.4) is 0 Å². The van der Waals surface area contributed by atoms with E-state index in [4.69, 9.17) is 4.52 Å². The normalized spacial score (nSPS) is 10.6. The quantitative estimate of drug-likeness (QED) is 0.673. The van der Waals surface area contributed by atoms with E-state index in [1.54, 1.807) is 0 Å². The molecule has 0 aliphatic rings. The molecule has 1 heterocycles. The van der Waals surface area contributed by atoms with Gasteiger partial charge in [0.05, 0.1) is 5.75 Å². The molecule has 20 heavy (non-hydrogen) atoms. The van der Waals surface area contributed by atoms with Gasteiger partial charge in [0.1, 0.15) is 11.5 Å². The second-order valence-corrected chi connectivity index (χ2v) is 5.51. The van der Waals surface area contributed by atoms with Gasteiger partial charge in [-0.3, -0.25) is 0 Å². The van der Waals surface area contributed by atoms with Crippen LogP contribution < -0.4 is 0 Å². The topological polar surface area (TPSA) is 26.0 Å². The van der Waals surface area contributed by atoms with E-state index < -0.39 is 0 Å². The van der Waals surface area contributed by atoms with Crippen molar-refractivity contribution in [3.63, 3.8) is 0 Å². The van der Waals surface area contributed by atoms with Gasteiger partial charge in [-0.25, -0.2) is 0 Å². The molecule has 3 rings (SSSR count). The first kappa shape index (κ1) is 13.0. The molecule has 0 unspecified atom stereocenters. The Morgan fingerprint density at radius 2 is 1.55 bits per heavy atom. The molecule has 0 atom stereocenters. The standard InChI is InChI=1S/C17H15NOS/c1-3-7-14(8-4-1)12-20-13-16-11-17(18-19-16)15-9-5-2-6-10-15/h1-11H,12-13H2. The maximum atomic E-state index is 5.39. The van der Waals surface area contributed by atoms with E-state index in [9.17, 15) is 0 Å². The van der Waals surface area contributed by atoms with Crippen LogP contribution in [-0.4, -0.2) is 5.16 Å². The lowest BCUT2D eigenvalue weighted by Crippen LogP contribution is -1.80. The third-order valence-corrected chi connectivity index (χ3v) is 4.01. The number of benzene rings is 2. The predicted molar refractivity (Wildman–Crippen MR) is 83.4 cm³/mol. The van der Waals surface area contributed by atoms with Crippen LogP contribution in [0.5, 0.6) is 0 Å². The zero-order valence-electron chi connectivity index (χ0n) is 11.0. The Morgan fingerprint density at radius 1 is 0.850 bits per heavy atom. The Kier molecular flexibility index (Phi) is 4.19. The van der Waals surface area contributed by atoms with Crippen LogP contribution >= 0.6 is 11.8 Å². The molecule has 0 radical (unpaired) electrons. The maximum Gasteiger partial charge on any atom is 0.147 e. The largest absolute Gasteiger partial charge is 0.360 e. The van der Waals surface area contributed by atoms with E-state index in [1.807, 2.05) is 54.2 Å². The van der Waals surface area contributed by atoms with Crippen molar-refractivity contribution in [1.29, 1.82) is 0 Å². The van der Waals surface area contributed by atoms with E-state index in [1.165, 1.54) is 5.56 Å². The predicted octanol–water partition coefficient (Wildman–Crippen LogP) is 4.78. The Bertz CT molecular complexity index is 649. The lowest BCUT2D eigenvalue weighted by molar-refractivity contribution is 0.397. The van der Waals surface area contributed by atoms with Gasteiger partial charge in [0.2, 0.25) is 0 Å². The number of hydrogen-bond acceptors (Lipinski definition) is 3. The molecule has 0 bridgehead atoms. The summed E-state index contributed by atoms with van der Waals surface area (Å²) in [5, 5.41) is 4.12. The molecule has 2 aromatic carbocycles. The summed E-state index contributed by atoms with van der Waals surface area (Å²) in [6, 6.07) is 22.6. The van der Waals surface area contributed by atoms with Crippen molar-refractivity contribution in [3.8, 4) is 11.3 Å². The van der Waals surface area contributed by atoms with Gasteiger partial charge in [-0.15, -0.1) is 11.8 Å². The second-order valence-electron chi connectivity index (χ2n) is 4.52. The number of nitrogens with zero attached hydrogens (tertiary/aromatic N) is 1. The summed E-state index contributed by atoms with van der Waals surface area (Å²) in [4.78, 5) is 0. The van der Waals surface area contributed by atoms with Gasteiger partial charge in [0, 0.05) is 17.4 Å². The molecule has 0 saturated heterocycles. The van der Waals surface area contributed by atoms with Crippen LogP contribution in [0, 0.1) is 0 Å². The fourth-order valence-electron chi connectivity index (χ4n) is 1.97. The van der Waals surface area contributed by atoms with E-state index in [-0.39, 0.29) is 0 Å². The van der Waals surface area contributed by atoms with Crippen LogP contribution in [-0.2, 0) is 11.5 Å². The molecular formula is C17H15NOS. The first-order valence-electron chi connectivity index (χ1n) is 6.54. The average Bonchev–Trinajstić information content (AvgIpc) is 2.98. The minimum absolute atomic E-state index is 0.842. The molecule has 0 amide bonds. The molecular weight excluding hydrogens is 266 g/mol. The zero-order valence-corrected chi connectivity index (χ0v) is 11.8. The maximum absolute atomic E-state index is 5.39. The molecule has 0 aliphatic heterocycles. The van der Waals surface area contributed by atoms with Gasteiger partial charge in [0.15, 0.2) is 0 Å². The lowest BCUT2D eigenvalue weighted by Gasteiger charge is -1.98. The van der Waals surface area contributed by atoms with Gasteiger partial charge < -0.3 is 4.52 Å². The second kappa shape index (κ2) is 6.44. The summed E-state index contributed by atoms with van der Waals surface area (Å²) in [5.41, 5.74) is 3.33. The summed E-state index contributed by atoms with van der Waals surface area (Å²) in [6.07, 6.45) is 0. The van der Waals surface area contributed by atoms with Crippen molar-refractivity contribution in [1.82, 2.24) is 5.16 Å². The van der Waals surface area contributed by atoms with Crippen molar-refractivity contribution < 1.29 is 4.52 Å². The van der Waals surface area contributed by atoms with Crippen LogP contribution in [0.2, 0.25) is 0 Å². The van der Waals surface area contributed by atoms with Crippen molar-refractivity contribution in [2.24, 2.45) is 0 Å². The Hall–Kier alpha value is -2.00. The zero-order chi connectivity index (χ0) is 13.6. The van der Waals surface area contributed by atoms with Crippen LogP contribution in [0.25, 0.3) is 11.3 Å². The Morgan fingerprint density at radius 3 is 2.30 bits per heavy atom. The molecule has 0 N–H and O–H groups in total. The van der Waals surface area contributed by atoms with E-state index in [0.29, 0.717) is 0 Å². The highest BCUT2D eigenvalue weighted by Crippen LogP contribution is 2.22. The number of thioether (sulfide) groups is 1. The first-order valence-corrected chi connectivity index (χ1v) is 7.70. The third-order valence-electron chi connectivity index (χ3n) is 2.98. The molecule has 3 heteroatoms. The van der Waals surface area contributed by atoms with E-state index in [0.717, 1.165) is 28.5 Å². The molecule has 0 fully saturated rings. The molecule has 3 aromatic rings. The highest BCUT2D eigenvalue weighted by molar-refractivity contribution is 7.97. The average molecular weight is 281 g/mol. The Labute approximate surface area is 122 Å². The monoisotopic (exact) mass is 281 g/mol. The SMILES string of the molecule is c1ccc(CSCc2cc(-c3ccccc3)no2)cc1. The third kappa shape index (κ3) is 3.31. The molecule has 2 nitrogen and oxygen atoms in total. The minimum atomic E-state index is 0.842. The first-order chi connectivity index (χ1) is 9.92. The fourth-order valence-corrected chi connectivity index (χ4v) is 2.84. The minimum Gasteiger partial charge on any atom is -0.360 e. The molecule has 0 spiro atoms. The number of aromatic nitrogens is 1. The summed E-state index contributed by atoms with van der Waals surface area (Å²) in [6.45, 7) is 0. The van der Waals surface area contributed by atoms with Gasteiger partial charge >= 0.3 is 0 Å². The van der Waals surface area contributed by atoms with Crippen molar-refractivity contribution in [2.75, 3.05) is 0 Å². The van der Waals surface area contributed by atoms with Gasteiger partial charge in [-0.2, -0.15) is 0 Å². The van der Waals surface area contributed by atoms with Gasteiger partial charge in [-0.05, 0) is 5.56 Å². The highest BCUT2D eigenvalue weighted by Gasteiger charge is 2.06. The van der Waals surface area contributed by atoms with E-state index in [2.05, 4.69) is 29.4 Å². The number of rotatable bonds is 5. The Balaban J connectivity index is 1.58. The number of hydrogen-bond donors (Lipinski definition) is 0. The van der Waals surface area contributed by atoms with Gasteiger partial charge in [0.25, 0.3) is 0 Å². The molecule has 0 aliphatic carbocycles. The molecule has 0 saturated carbocycles. The lowest BCUT2D eigenvalue weighted by atomic mass is 10.1. The van der Waals surface area contributed by atoms with E-state index >= 15 is 0 Å². The summed E-state index contributed by atoms with van der Waals surface area (Å²) >= 11 is 1.83. The summed E-state index contributed by atoms with van der Waals surface area (Å²) in [7, 11) is 0. The molecule has 1 aromatic heterocycles. The van der Waals surface area contributed by atoms with Crippen LogP contribution in [0.4, 0.5) is 0 Å². The van der Waals surface area contributed by atoms with Crippen LogP contribution in [0.1, 0.15) is 11.3 Å². The van der Waals surface area contributed by atoms with Gasteiger partial charge in [-0.1, -0.05) is 65.8 Å². The summed E-state index contributed by atoms with van der Waals surface area (Å²) in [5.74, 6) is 2.75.